The Bertz CT molecular complexity index is 603. The van der Waals surface area contributed by atoms with Gasteiger partial charge in [0.25, 0.3) is 0 Å². The van der Waals surface area contributed by atoms with E-state index in [0.29, 0.717) is 11.0 Å². The first-order valence-corrected chi connectivity index (χ1v) is 7.21. The molecule has 0 bridgehead atoms. The topological polar surface area (TPSA) is 83.6 Å². The summed E-state index contributed by atoms with van der Waals surface area (Å²) in [5, 5.41) is 3.50. The summed E-state index contributed by atoms with van der Waals surface area (Å²) < 4.78 is 4.28. The molecule has 2 aromatic rings. The number of hydrogen-bond donors (Lipinski definition) is 2. The number of hydrogen-bond acceptors (Lipinski definition) is 5. The molecule has 1 amide bonds. The van der Waals surface area contributed by atoms with Gasteiger partial charge >= 0.3 is 0 Å². The lowest BCUT2D eigenvalue weighted by molar-refractivity contribution is -0.117. The van der Waals surface area contributed by atoms with Crippen LogP contribution in [-0.2, 0) is 4.79 Å². The van der Waals surface area contributed by atoms with Gasteiger partial charge in [0.2, 0.25) is 11.0 Å². The molecule has 19 heavy (non-hydrogen) atoms. The number of aromatic nitrogens is 4. The van der Waals surface area contributed by atoms with Gasteiger partial charge in [-0.1, -0.05) is 0 Å². The molecule has 7 heteroatoms. The van der Waals surface area contributed by atoms with Crippen molar-refractivity contribution in [3.63, 3.8) is 0 Å². The molecule has 0 saturated heterocycles. The highest BCUT2D eigenvalue weighted by Crippen LogP contribution is 2.47. The third kappa shape index (κ3) is 2.14. The second-order valence-electron chi connectivity index (χ2n) is 5.18. The molecular formula is C12H13N5OS. The van der Waals surface area contributed by atoms with Crippen molar-refractivity contribution in [2.45, 2.75) is 31.1 Å². The van der Waals surface area contributed by atoms with Crippen molar-refractivity contribution in [2.75, 3.05) is 5.32 Å². The number of H-pyrrole nitrogens is 1. The normalized spacial score (nSPS) is 25.3. The lowest BCUT2D eigenvalue weighted by Gasteiger charge is -1.99. The van der Waals surface area contributed by atoms with Gasteiger partial charge in [0, 0.05) is 41.2 Å². The first-order chi connectivity index (χ1) is 9.31. The molecule has 0 radical (unpaired) electrons. The van der Waals surface area contributed by atoms with E-state index in [2.05, 4.69) is 24.6 Å². The van der Waals surface area contributed by atoms with Crippen LogP contribution < -0.4 is 5.32 Å². The maximum Gasteiger partial charge on any atom is 0.230 e. The summed E-state index contributed by atoms with van der Waals surface area (Å²) in [6, 6.07) is 0. The van der Waals surface area contributed by atoms with Gasteiger partial charge in [-0.15, -0.1) is 0 Å². The number of anilines is 1. The van der Waals surface area contributed by atoms with Gasteiger partial charge in [-0.05, 0) is 19.3 Å². The van der Waals surface area contributed by atoms with Crippen molar-refractivity contribution in [1.29, 1.82) is 0 Å². The highest BCUT2D eigenvalue weighted by molar-refractivity contribution is 7.09. The van der Waals surface area contributed by atoms with Crippen LogP contribution in [0.4, 0.5) is 5.13 Å². The van der Waals surface area contributed by atoms with Crippen LogP contribution in [0.15, 0.2) is 12.5 Å². The Morgan fingerprint density at radius 3 is 3.11 bits per heavy atom. The van der Waals surface area contributed by atoms with Crippen LogP contribution in [-0.4, -0.2) is 25.2 Å². The average Bonchev–Trinajstić information content (AvgIpc) is 3.32. The highest BCUT2D eigenvalue weighted by atomic mass is 32.1. The van der Waals surface area contributed by atoms with Crippen LogP contribution in [0.3, 0.4) is 0 Å². The summed E-state index contributed by atoms with van der Waals surface area (Å²) in [6.07, 6.45) is 6.66. The zero-order chi connectivity index (χ0) is 12.8. The number of aromatic amines is 1. The Hall–Kier alpha value is -1.76. The lowest BCUT2D eigenvalue weighted by atomic mass is 10.2. The summed E-state index contributed by atoms with van der Waals surface area (Å²) in [6.45, 7) is 0. The molecule has 2 atom stereocenters. The number of imidazole rings is 1. The van der Waals surface area contributed by atoms with E-state index in [9.17, 15) is 4.79 Å². The first-order valence-electron chi connectivity index (χ1n) is 6.44. The summed E-state index contributed by atoms with van der Waals surface area (Å²) in [5.74, 6) is 1.77. The number of amides is 1. The van der Waals surface area contributed by atoms with E-state index < -0.39 is 0 Å². The molecular weight excluding hydrogens is 262 g/mol. The SMILES string of the molecule is O=C(Nc1nc(C2CC2)ns1)[C@@H]1C[C@H]1c1cnc[nH]1. The van der Waals surface area contributed by atoms with Gasteiger partial charge in [-0.3, -0.25) is 4.79 Å². The minimum atomic E-state index is 0.0359. The molecule has 0 aromatic carbocycles. The van der Waals surface area contributed by atoms with Crippen molar-refractivity contribution in [1.82, 2.24) is 19.3 Å². The Labute approximate surface area is 113 Å². The second kappa shape index (κ2) is 4.12. The Kier molecular flexibility index (Phi) is 2.41. The van der Waals surface area contributed by atoms with E-state index in [4.69, 9.17) is 0 Å². The van der Waals surface area contributed by atoms with Crippen LogP contribution in [0.1, 0.15) is 42.6 Å². The summed E-state index contributed by atoms with van der Waals surface area (Å²) >= 11 is 1.28. The molecule has 2 aromatic heterocycles. The Morgan fingerprint density at radius 1 is 1.47 bits per heavy atom. The smallest absolute Gasteiger partial charge is 0.230 e. The maximum absolute atomic E-state index is 12.1. The summed E-state index contributed by atoms with van der Waals surface area (Å²) in [4.78, 5) is 23.5. The molecule has 2 N–H and O–H groups in total. The van der Waals surface area contributed by atoms with E-state index in [0.717, 1.165) is 17.9 Å². The van der Waals surface area contributed by atoms with E-state index in [-0.39, 0.29) is 17.7 Å². The van der Waals surface area contributed by atoms with E-state index in [1.54, 1.807) is 12.5 Å². The lowest BCUT2D eigenvalue weighted by Crippen LogP contribution is -2.14. The molecule has 6 nitrogen and oxygen atoms in total. The van der Waals surface area contributed by atoms with Crippen molar-refractivity contribution in [2.24, 2.45) is 5.92 Å². The van der Waals surface area contributed by atoms with Gasteiger partial charge in [0.1, 0.15) is 5.82 Å². The predicted octanol–water partition coefficient (Wildman–Crippen LogP) is 1.88. The number of rotatable bonds is 4. The Morgan fingerprint density at radius 2 is 2.37 bits per heavy atom. The quantitative estimate of drug-likeness (QED) is 0.892. The summed E-state index contributed by atoms with van der Waals surface area (Å²) in [7, 11) is 0. The number of carbonyl (C=O) groups is 1. The zero-order valence-electron chi connectivity index (χ0n) is 10.2. The number of carbonyl (C=O) groups excluding carboxylic acids is 1. The van der Waals surface area contributed by atoms with Crippen LogP contribution in [0.5, 0.6) is 0 Å². The molecule has 2 heterocycles. The fourth-order valence-corrected chi connectivity index (χ4v) is 2.94. The van der Waals surface area contributed by atoms with Gasteiger partial charge in [-0.2, -0.15) is 4.37 Å². The van der Waals surface area contributed by atoms with E-state index in [1.807, 2.05) is 0 Å². The molecule has 0 unspecified atom stereocenters. The molecule has 2 aliphatic rings. The van der Waals surface area contributed by atoms with Crippen LogP contribution in [0, 0.1) is 5.92 Å². The van der Waals surface area contributed by atoms with Crippen molar-refractivity contribution in [3.8, 4) is 0 Å². The fourth-order valence-electron chi connectivity index (χ4n) is 2.29. The van der Waals surface area contributed by atoms with Gasteiger partial charge < -0.3 is 10.3 Å². The molecule has 2 aliphatic carbocycles. The molecule has 98 valence electrons. The summed E-state index contributed by atoms with van der Waals surface area (Å²) in [5.41, 5.74) is 1.04. The van der Waals surface area contributed by atoms with Crippen molar-refractivity contribution >= 4 is 22.6 Å². The largest absolute Gasteiger partial charge is 0.348 e. The second-order valence-corrected chi connectivity index (χ2v) is 5.93. The number of nitrogens with one attached hydrogen (secondary N) is 2. The van der Waals surface area contributed by atoms with E-state index in [1.165, 1.54) is 24.4 Å². The predicted molar refractivity (Wildman–Crippen MR) is 69.9 cm³/mol. The Balaban J connectivity index is 1.39. The first kappa shape index (κ1) is 11.1. The van der Waals surface area contributed by atoms with Crippen LogP contribution in [0.2, 0.25) is 0 Å². The third-order valence-corrected chi connectivity index (χ3v) is 4.31. The standard InChI is InChI=1S/C12H13N5OS/c18-11(8-3-7(8)9-4-13-5-14-9)16-12-15-10(17-19-12)6-1-2-6/h4-8H,1-3H2,(H,13,14)(H,15,16,17,18)/t7-,8-/m1/s1. The third-order valence-electron chi connectivity index (χ3n) is 3.66. The highest BCUT2D eigenvalue weighted by Gasteiger charge is 2.45. The molecule has 0 spiro atoms. The minimum Gasteiger partial charge on any atom is -0.348 e. The van der Waals surface area contributed by atoms with Gasteiger partial charge in [0.05, 0.1) is 6.33 Å². The van der Waals surface area contributed by atoms with Crippen LogP contribution in [0.25, 0.3) is 0 Å². The average molecular weight is 275 g/mol. The van der Waals surface area contributed by atoms with Gasteiger partial charge in [-0.25, -0.2) is 9.97 Å². The van der Waals surface area contributed by atoms with Crippen LogP contribution >= 0.6 is 11.5 Å². The fraction of sp³-hybridized carbons (Fsp3) is 0.500. The molecule has 2 fully saturated rings. The molecule has 2 saturated carbocycles. The molecule has 4 rings (SSSR count). The van der Waals surface area contributed by atoms with Gasteiger partial charge in [0.15, 0.2) is 0 Å². The van der Waals surface area contributed by atoms with Crippen molar-refractivity contribution < 1.29 is 4.79 Å². The number of nitrogens with zero attached hydrogens (tertiary/aromatic N) is 3. The molecule has 0 aliphatic heterocycles. The maximum atomic E-state index is 12.1. The van der Waals surface area contributed by atoms with E-state index >= 15 is 0 Å². The minimum absolute atomic E-state index is 0.0359. The monoisotopic (exact) mass is 275 g/mol. The van der Waals surface area contributed by atoms with Crippen molar-refractivity contribution in [3.05, 3.63) is 24.0 Å². The zero-order valence-corrected chi connectivity index (χ0v) is 11.0.